The third-order valence-corrected chi connectivity index (χ3v) is 4.99. The second-order valence-corrected chi connectivity index (χ2v) is 7.31. The number of piperidine rings is 1. The third-order valence-electron chi connectivity index (χ3n) is 4.74. The number of rotatable bonds is 5. The lowest BCUT2D eigenvalue weighted by Crippen LogP contribution is -2.34. The Morgan fingerprint density at radius 3 is 2.77 bits per heavy atom. The van der Waals surface area contributed by atoms with Crippen molar-refractivity contribution in [3.05, 3.63) is 54.1 Å². The minimum absolute atomic E-state index is 0.604. The molecule has 2 N–H and O–H groups in total. The van der Waals surface area contributed by atoms with Crippen LogP contribution in [0.25, 0.3) is 0 Å². The zero-order valence-corrected chi connectivity index (χ0v) is 16.3. The minimum atomic E-state index is 0.604. The molecule has 0 unspecified atom stereocenters. The van der Waals surface area contributed by atoms with E-state index in [0.717, 1.165) is 30.4 Å². The summed E-state index contributed by atoms with van der Waals surface area (Å²) in [6.07, 6.45) is 2.63. The number of methoxy groups -OCH3 is 1. The van der Waals surface area contributed by atoms with E-state index in [9.17, 15) is 0 Å². The lowest BCUT2D eigenvalue weighted by molar-refractivity contribution is 0.415. The van der Waals surface area contributed by atoms with Gasteiger partial charge in [0, 0.05) is 37.1 Å². The summed E-state index contributed by atoms with van der Waals surface area (Å²) in [5.41, 5.74) is 3.45. The second-order valence-electron chi connectivity index (χ2n) is 6.90. The molecular formula is C21H27N3OS. The van der Waals surface area contributed by atoms with E-state index in [4.69, 9.17) is 17.0 Å². The summed E-state index contributed by atoms with van der Waals surface area (Å²) in [4.78, 5) is 2.49. The van der Waals surface area contributed by atoms with Crippen LogP contribution < -0.4 is 20.3 Å². The van der Waals surface area contributed by atoms with Gasteiger partial charge in [0.1, 0.15) is 5.75 Å². The van der Waals surface area contributed by atoms with Gasteiger partial charge in [-0.15, -0.1) is 0 Å². The quantitative estimate of drug-likeness (QED) is 0.763. The van der Waals surface area contributed by atoms with E-state index in [-0.39, 0.29) is 0 Å². The van der Waals surface area contributed by atoms with Gasteiger partial charge in [0.2, 0.25) is 0 Å². The lowest BCUT2D eigenvalue weighted by Gasteiger charge is -2.32. The molecule has 1 atom stereocenters. The molecule has 0 aliphatic carbocycles. The van der Waals surface area contributed by atoms with Crippen molar-refractivity contribution in [3.8, 4) is 5.75 Å². The number of anilines is 2. The first-order chi connectivity index (χ1) is 12.6. The maximum absolute atomic E-state index is 5.38. The van der Waals surface area contributed by atoms with Gasteiger partial charge in [-0.05, 0) is 60.8 Å². The number of hydrogen-bond donors (Lipinski definition) is 2. The van der Waals surface area contributed by atoms with E-state index in [0.29, 0.717) is 11.7 Å². The molecule has 2 aromatic rings. The molecule has 0 amide bonds. The molecule has 4 nitrogen and oxygen atoms in total. The van der Waals surface area contributed by atoms with Crippen molar-refractivity contribution >= 4 is 28.7 Å². The van der Waals surface area contributed by atoms with Gasteiger partial charge >= 0.3 is 0 Å². The fraction of sp³-hybridized carbons (Fsp3) is 0.381. The summed E-state index contributed by atoms with van der Waals surface area (Å²) in [5, 5.41) is 7.05. The molecule has 1 aliphatic heterocycles. The van der Waals surface area contributed by atoms with Crippen molar-refractivity contribution in [3.63, 3.8) is 0 Å². The van der Waals surface area contributed by atoms with E-state index in [1.54, 1.807) is 7.11 Å². The molecule has 0 spiro atoms. The predicted octanol–water partition coefficient (Wildman–Crippen LogP) is 4.42. The summed E-state index contributed by atoms with van der Waals surface area (Å²) in [6, 6.07) is 16.5. The molecule has 0 aromatic heterocycles. The summed E-state index contributed by atoms with van der Waals surface area (Å²) in [5.74, 6) is 1.59. The van der Waals surface area contributed by atoms with Gasteiger partial charge in [-0.2, -0.15) is 0 Å². The zero-order chi connectivity index (χ0) is 18.4. The summed E-state index contributed by atoms with van der Waals surface area (Å²) in [6.45, 7) is 5.36. The zero-order valence-electron chi connectivity index (χ0n) is 15.5. The van der Waals surface area contributed by atoms with Crippen molar-refractivity contribution in [1.82, 2.24) is 5.32 Å². The van der Waals surface area contributed by atoms with Gasteiger partial charge < -0.3 is 20.3 Å². The first-order valence-electron chi connectivity index (χ1n) is 9.17. The summed E-state index contributed by atoms with van der Waals surface area (Å²) >= 11 is 5.38. The highest BCUT2D eigenvalue weighted by molar-refractivity contribution is 7.80. The fourth-order valence-corrected chi connectivity index (χ4v) is 3.50. The van der Waals surface area contributed by atoms with Crippen LogP contribution >= 0.6 is 12.2 Å². The molecule has 0 saturated carbocycles. The van der Waals surface area contributed by atoms with Gasteiger partial charge in [-0.25, -0.2) is 0 Å². The average molecular weight is 370 g/mol. The molecule has 0 bridgehead atoms. The smallest absolute Gasteiger partial charge is 0.171 e. The van der Waals surface area contributed by atoms with Gasteiger partial charge in [0.05, 0.1) is 7.11 Å². The van der Waals surface area contributed by atoms with Crippen LogP contribution in [0.1, 0.15) is 25.3 Å². The van der Waals surface area contributed by atoms with Crippen LogP contribution in [0.3, 0.4) is 0 Å². The first kappa shape index (κ1) is 18.5. The maximum Gasteiger partial charge on any atom is 0.171 e. The Labute approximate surface area is 161 Å². The number of ether oxygens (including phenoxy) is 1. The Balaban J connectivity index is 1.50. The molecule has 1 saturated heterocycles. The van der Waals surface area contributed by atoms with Gasteiger partial charge in [0.25, 0.3) is 0 Å². The molecule has 138 valence electrons. The van der Waals surface area contributed by atoms with Crippen LogP contribution in [-0.2, 0) is 6.54 Å². The Morgan fingerprint density at radius 2 is 2.04 bits per heavy atom. The topological polar surface area (TPSA) is 36.5 Å². The summed E-state index contributed by atoms with van der Waals surface area (Å²) < 4.78 is 5.23. The highest BCUT2D eigenvalue weighted by atomic mass is 32.1. The number of hydrogen-bond acceptors (Lipinski definition) is 3. The Kier molecular flexibility index (Phi) is 6.34. The SMILES string of the molecule is COc1cccc(NC(=S)NCc2ccc(N3CCC[C@H](C)C3)cc2)c1. The number of thiocarbonyl (C=S) groups is 1. The normalized spacial score (nSPS) is 16.8. The molecule has 1 fully saturated rings. The van der Waals surface area contributed by atoms with Crippen molar-refractivity contribution < 1.29 is 4.74 Å². The number of benzene rings is 2. The molecule has 3 rings (SSSR count). The van der Waals surface area contributed by atoms with Gasteiger partial charge in [-0.1, -0.05) is 25.1 Å². The van der Waals surface area contributed by atoms with Crippen LogP contribution in [0.4, 0.5) is 11.4 Å². The molecule has 1 aliphatic rings. The number of nitrogens with zero attached hydrogens (tertiary/aromatic N) is 1. The molecule has 2 aromatic carbocycles. The van der Waals surface area contributed by atoms with Crippen molar-refractivity contribution in [2.45, 2.75) is 26.3 Å². The van der Waals surface area contributed by atoms with Crippen molar-refractivity contribution in [2.24, 2.45) is 5.92 Å². The molecule has 26 heavy (non-hydrogen) atoms. The predicted molar refractivity (Wildman–Crippen MR) is 113 cm³/mol. The average Bonchev–Trinajstić information content (AvgIpc) is 2.67. The van der Waals surface area contributed by atoms with Crippen molar-refractivity contribution in [1.29, 1.82) is 0 Å². The van der Waals surface area contributed by atoms with E-state index in [1.165, 1.54) is 24.1 Å². The summed E-state index contributed by atoms with van der Waals surface area (Å²) in [7, 11) is 1.66. The molecule has 0 radical (unpaired) electrons. The van der Waals surface area contributed by atoms with Crippen LogP contribution in [0.2, 0.25) is 0 Å². The van der Waals surface area contributed by atoms with E-state index < -0.39 is 0 Å². The van der Waals surface area contributed by atoms with Crippen molar-refractivity contribution in [2.75, 3.05) is 30.4 Å². The highest BCUT2D eigenvalue weighted by Crippen LogP contribution is 2.23. The lowest BCUT2D eigenvalue weighted by atomic mass is 9.99. The van der Waals surface area contributed by atoms with Crippen LogP contribution in [-0.4, -0.2) is 25.3 Å². The molecule has 1 heterocycles. The largest absolute Gasteiger partial charge is 0.497 e. The van der Waals surface area contributed by atoms with Gasteiger partial charge in [-0.3, -0.25) is 0 Å². The van der Waals surface area contributed by atoms with E-state index in [2.05, 4.69) is 46.7 Å². The number of nitrogens with one attached hydrogen (secondary N) is 2. The minimum Gasteiger partial charge on any atom is -0.497 e. The van der Waals surface area contributed by atoms with Gasteiger partial charge in [0.15, 0.2) is 5.11 Å². The molecular weight excluding hydrogens is 342 g/mol. The molecule has 5 heteroatoms. The Bertz CT molecular complexity index is 732. The van der Waals surface area contributed by atoms with E-state index in [1.807, 2.05) is 24.3 Å². The van der Waals surface area contributed by atoms with E-state index >= 15 is 0 Å². The Hall–Kier alpha value is -2.27. The monoisotopic (exact) mass is 369 g/mol. The standard InChI is InChI=1S/C21H27N3OS/c1-16-5-4-12-24(15-16)19-10-8-17(9-11-19)14-22-21(26)23-18-6-3-7-20(13-18)25-2/h3,6-11,13,16H,4-5,12,14-15H2,1-2H3,(H2,22,23,26)/t16-/m0/s1. The highest BCUT2D eigenvalue weighted by Gasteiger charge is 2.16. The second kappa shape index (κ2) is 8.90. The fourth-order valence-electron chi connectivity index (χ4n) is 3.31. The van der Waals surface area contributed by atoms with Crippen LogP contribution in [0, 0.1) is 5.92 Å². The first-order valence-corrected chi connectivity index (χ1v) is 9.57. The van der Waals surface area contributed by atoms with Crippen LogP contribution in [0.5, 0.6) is 5.75 Å². The third kappa shape index (κ3) is 5.11. The Morgan fingerprint density at radius 1 is 1.23 bits per heavy atom. The maximum atomic E-state index is 5.38. The van der Waals surface area contributed by atoms with Crippen LogP contribution in [0.15, 0.2) is 48.5 Å².